The Morgan fingerprint density at radius 3 is 1.85 bits per heavy atom. The van der Waals surface area contributed by atoms with E-state index in [2.05, 4.69) is 20.4 Å². The summed E-state index contributed by atoms with van der Waals surface area (Å²) in [4.78, 5) is 24.8. The van der Waals surface area contributed by atoms with Gasteiger partial charge in [-0.15, -0.1) is 0 Å². The lowest BCUT2D eigenvalue weighted by Crippen LogP contribution is -2.19. The van der Waals surface area contributed by atoms with Crippen molar-refractivity contribution in [3.63, 3.8) is 0 Å². The van der Waals surface area contributed by atoms with Gasteiger partial charge in [0.2, 0.25) is 0 Å². The van der Waals surface area contributed by atoms with Crippen LogP contribution in [-0.4, -0.2) is 20.4 Å². The molecule has 7 nitrogen and oxygen atoms in total. The molecule has 0 aliphatic carbocycles. The summed E-state index contributed by atoms with van der Waals surface area (Å²) in [5.74, 6) is 0.600. The summed E-state index contributed by atoms with van der Waals surface area (Å²) in [6.45, 7) is 3.58. The molecule has 132 valence electrons. The van der Waals surface area contributed by atoms with Crippen molar-refractivity contribution in [2.24, 2.45) is 0 Å². The molecule has 4 rings (SSSR count). The van der Waals surface area contributed by atoms with E-state index in [1.807, 2.05) is 42.5 Å². The Kier molecular flexibility index (Phi) is 3.76. The summed E-state index contributed by atoms with van der Waals surface area (Å²) in [5.41, 5.74) is 2.64. The van der Waals surface area contributed by atoms with Gasteiger partial charge in [-0.1, -0.05) is 30.3 Å². The van der Waals surface area contributed by atoms with Crippen LogP contribution in [0.3, 0.4) is 0 Å². The molecule has 26 heavy (non-hydrogen) atoms. The highest BCUT2D eigenvalue weighted by molar-refractivity contribution is 5.58. The van der Waals surface area contributed by atoms with Gasteiger partial charge < -0.3 is 14.6 Å². The molecular weight excluding hydrogens is 332 g/mol. The van der Waals surface area contributed by atoms with E-state index in [1.54, 1.807) is 13.8 Å². The smallest absolute Gasteiger partial charge is 0.268 e. The Hall–Kier alpha value is -3.48. The fraction of sp³-hybridized carbons (Fsp3) is 0.158. The Balaban J connectivity index is 1.92. The predicted octanol–water partition coefficient (Wildman–Crippen LogP) is 2.78. The second kappa shape index (κ2) is 6.11. The first-order valence-electron chi connectivity index (χ1n) is 8.25. The van der Waals surface area contributed by atoms with E-state index in [1.165, 1.54) is 0 Å². The van der Waals surface area contributed by atoms with Gasteiger partial charge in [0, 0.05) is 17.0 Å². The van der Waals surface area contributed by atoms with Gasteiger partial charge >= 0.3 is 0 Å². The van der Waals surface area contributed by atoms with Crippen molar-refractivity contribution >= 4 is 0 Å². The van der Waals surface area contributed by atoms with Crippen LogP contribution in [0.15, 0.2) is 56.5 Å². The molecule has 0 radical (unpaired) electrons. The molecule has 0 amide bonds. The third-order valence-electron chi connectivity index (χ3n) is 4.57. The van der Waals surface area contributed by atoms with Gasteiger partial charge in [-0.3, -0.25) is 19.8 Å². The van der Waals surface area contributed by atoms with Gasteiger partial charge in [0.05, 0.1) is 17.0 Å². The van der Waals surface area contributed by atoms with Crippen molar-refractivity contribution in [3.8, 4) is 11.3 Å². The molecule has 3 heterocycles. The Labute approximate surface area is 148 Å². The Morgan fingerprint density at radius 2 is 1.35 bits per heavy atom. The molecule has 0 aliphatic heterocycles. The highest BCUT2D eigenvalue weighted by Crippen LogP contribution is 2.34. The number of aromatic nitrogens is 4. The summed E-state index contributed by atoms with van der Waals surface area (Å²) in [7, 11) is 0. The topological polar surface area (TPSA) is 110 Å². The Bertz CT molecular complexity index is 1100. The number of aryl methyl sites for hydroxylation is 2. The number of hydrogen-bond acceptors (Lipinski definition) is 3. The molecular formula is C19H18N4O3. The van der Waals surface area contributed by atoms with Crippen molar-refractivity contribution in [2.45, 2.75) is 19.8 Å². The zero-order valence-corrected chi connectivity index (χ0v) is 14.3. The first-order chi connectivity index (χ1) is 12.6. The average molecular weight is 350 g/mol. The molecule has 4 N–H and O–H groups in total. The van der Waals surface area contributed by atoms with Gasteiger partial charge in [-0.2, -0.15) is 0 Å². The summed E-state index contributed by atoms with van der Waals surface area (Å²) >= 11 is 0. The maximum Gasteiger partial charge on any atom is 0.268 e. The van der Waals surface area contributed by atoms with Crippen LogP contribution in [0.5, 0.6) is 0 Å². The molecule has 0 atom stereocenters. The maximum absolute atomic E-state index is 12.4. The fourth-order valence-electron chi connectivity index (χ4n) is 3.30. The molecule has 0 unspecified atom stereocenters. The van der Waals surface area contributed by atoms with Crippen molar-refractivity contribution in [3.05, 3.63) is 91.4 Å². The van der Waals surface area contributed by atoms with Crippen LogP contribution in [0.2, 0.25) is 0 Å². The molecule has 0 saturated carbocycles. The monoisotopic (exact) mass is 350 g/mol. The molecule has 3 aromatic heterocycles. The van der Waals surface area contributed by atoms with E-state index in [0.717, 1.165) is 5.56 Å². The number of furan rings is 1. The van der Waals surface area contributed by atoms with Crippen molar-refractivity contribution in [2.75, 3.05) is 0 Å². The van der Waals surface area contributed by atoms with Gasteiger partial charge in [-0.25, -0.2) is 0 Å². The van der Waals surface area contributed by atoms with E-state index in [4.69, 9.17) is 4.42 Å². The number of aromatic amines is 4. The first kappa shape index (κ1) is 16.0. The predicted molar refractivity (Wildman–Crippen MR) is 97.4 cm³/mol. The van der Waals surface area contributed by atoms with Gasteiger partial charge in [0.15, 0.2) is 0 Å². The number of rotatable bonds is 4. The second-order valence-electron chi connectivity index (χ2n) is 6.24. The van der Waals surface area contributed by atoms with E-state index in [0.29, 0.717) is 34.0 Å². The fourth-order valence-corrected chi connectivity index (χ4v) is 3.30. The second-order valence-corrected chi connectivity index (χ2v) is 6.24. The lowest BCUT2D eigenvalue weighted by atomic mass is 9.89. The molecule has 4 aromatic rings. The lowest BCUT2D eigenvalue weighted by molar-refractivity contribution is 0.513. The van der Waals surface area contributed by atoms with Crippen LogP contribution in [0, 0.1) is 13.8 Å². The SMILES string of the molecule is Cc1[nH][nH]c(=O)c1C(c1ccc(-c2ccccc2)o1)c1c(C)[nH][nH]c1=O. The van der Waals surface area contributed by atoms with Crippen LogP contribution >= 0.6 is 0 Å². The highest BCUT2D eigenvalue weighted by Gasteiger charge is 2.30. The minimum atomic E-state index is -0.613. The third kappa shape index (κ3) is 2.54. The average Bonchev–Trinajstić information content (AvgIpc) is 3.34. The van der Waals surface area contributed by atoms with E-state index in [-0.39, 0.29) is 11.1 Å². The summed E-state index contributed by atoms with van der Waals surface area (Å²) in [6.07, 6.45) is 0. The number of nitrogens with one attached hydrogen (secondary N) is 4. The zero-order chi connectivity index (χ0) is 18.3. The normalized spacial score (nSPS) is 11.3. The molecule has 7 heteroatoms. The van der Waals surface area contributed by atoms with Gasteiger partial charge in [0.25, 0.3) is 11.1 Å². The van der Waals surface area contributed by atoms with Crippen molar-refractivity contribution < 1.29 is 4.42 Å². The number of benzene rings is 1. The van der Waals surface area contributed by atoms with Crippen LogP contribution < -0.4 is 11.1 Å². The lowest BCUT2D eigenvalue weighted by Gasteiger charge is -2.12. The summed E-state index contributed by atoms with van der Waals surface area (Å²) in [5, 5.41) is 10.8. The zero-order valence-electron chi connectivity index (χ0n) is 14.3. The van der Waals surface area contributed by atoms with Gasteiger partial charge in [0.1, 0.15) is 11.5 Å². The van der Waals surface area contributed by atoms with Crippen LogP contribution in [0.1, 0.15) is 34.2 Å². The van der Waals surface area contributed by atoms with Crippen molar-refractivity contribution in [1.29, 1.82) is 0 Å². The van der Waals surface area contributed by atoms with Gasteiger partial charge in [-0.05, 0) is 26.0 Å². The van der Waals surface area contributed by atoms with E-state index >= 15 is 0 Å². The minimum absolute atomic E-state index is 0.273. The maximum atomic E-state index is 12.4. The molecule has 0 saturated heterocycles. The molecule has 0 bridgehead atoms. The summed E-state index contributed by atoms with van der Waals surface area (Å²) < 4.78 is 6.07. The standard InChI is InChI=1S/C19H18N4O3/c1-10-15(18(24)22-20-10)17(16-11(2)21-23-19(16)25)14-9-8-13(26-14)12-6-4-3-5-7-12/h3-9,17H,1-2H3,(H2,20,22,24)(H2,21,23,25). The molecule has 0 spiro atoms. The van der Waals surface area contributed by atoms with E-state index < -0.39 is 5.92 Å². The number of hydrogen-bond donors (Lipinski definition) is 4. The number of H-pyrrole nitrogens is 4. The molecule has 0 aliphatic rings. The quantitative estimate of drug-likeness (QED) is 0.454. The third-order valence-corrected chi connectivity index (χ3v) is 4.57. The van der Waals surface area contributed by atoms with Crippen LogP contribution in [0.4, 0.5) is 0 Å². The summed E-state index contributed by atoms with van der Waals surface area (Å²) in [6, 6.07) is 13.3. The Morgan fingerprint density at radius 1 is 0.769 bits per heavy atom. The van der Waals surface area contributed by atoms with Crippen LogP contribution in [-0.2, 0) is 0 Å². The van der Waals surface area contributed by atoms with Crippen molar-refractivity contribution in [1.82, 2.24) is 20.4 Å². The van der Waals surface area contributed by atoms with Crippen LogP contribution in [0.25, 0.3) is 11.3 Å². The molecule has 0 fully saturated rings. The first-order valence-corrected chi connectivity index (χ1v) is 8.25. The minimum Gasteiger partial charge on any atom is -0.460 e. The highest BCUT2D eigenvalue weighted by atomic mass is 16.3. The van der Waals surface area contributed by atoms with E-state index in [9.17, 15) is 9.59 Å². The largest absolute Gasteiger partial charge is 0.460 e. The molecule has 1 aromatic carbocycles.